The van der Waals surface area contributed by atoms with Crippen LogP contribution in [0.15, 0.2) is 41.5 Å². The van der Waals surface area contributed by atoms with E-state index < -0.39 is 6.09 Å². The van der Waals surface area contributed by atoms with Crippen molar-refractivity contribution in [2.24, 2.45) is 5.10 Å². The quantitative estimate of drug-likeness (QED) is 0.347. The van der Waals surface area contributed by atoms with Crippen LogP contribution in [0.4, 0.5) is 4.79 Å². The van der Waals surface area contributed by atoms with E-state index in [1.807, 2.05) is 6.07 Å². The fraction of sp³-hybridized carbons (Fsp3) is 0.391. The predicted molar refractivity (Wildman–Crippen MR) is 117 cm³/mol. The van der Waals surface area contributed by atoms with Crippen LogP contribution < -0.4 is 19.6 Å². The molecule has 1 amide bonds. The first-order chi connectivity index (χ1) is 14.4. The summed E-state index contributed by atoms with van der Waals surface area (Å²) in [4.78, 5) is 11.0. The van der Waals surface area contributed by atoms with Gasteiger partial charge >= 0.3 is 6.09 Å². The first-order valence-corrected chi connectivity index (χ1v) is 9.85. The molecule has 0 aliphatic rings. The summed E-state index contributed by atoms with van der Waals surface area (Å²) in [6, 6.07) is 11.7. The van der Waals surface area contributed by atoms with Crippen molar-refractivity contribution in [3.8, 4) is 17.2 Å². The van der Waals surface area contributed by atoms with Gasteiger partial charge < -0.3 is 18.9 Å². The van der Waals surface area contributed by atoms with Crippen LogP contribution in [0.3, 0.4) is 0 Å². The fourth-order valence-electron chi connectivity index (χ4n) is 2.76. The number of nitrogens with zero attached hydrogens (tertiary/aromatic N) is 1. The number of ether oxygens (including phenoxy) is 4. The number of hydrogen-bond acceptors (Lipinski definition) is 6. The van der Waals surface area contributed by atoms with Crippen LogP contribution in [0.1, 0.15) is 42.9 Å². The number of rotatable bonds is 10. The average molecular weight is 415 g/mol. The van der Waals surface area contributed by atoms with Crippen LogP contribution in [0.5, 0.6) is 17.2 Å². The third-order valence-electron chi connectivity index (χ3n) is 4.34. The maximum atomic E-state index is 11.0. The summed E-state index contributed by atoms with van der Waals surface area (Å²) in [7, 11) is 2.85. The highest BCUT2D eigenvalue weighted by atomic mass is 16.5. The van der Waals surface area contributed by atoms with E-state index in [-0.39, 0.29) is 0 Å². The molecule has 0 saturated carbocycles. The Morgan fingerprint density at radius 2 is 1.77 bits per heavy atom. The molecule has 0 unspecified atom stereocenters. The van der Waals surface area contributed by atoms with Gasteiger partial charge in [-0.1, -0.05) is 26.0 Å². The molecule has 30 heavy (non-hydrogen) atoms. The maximum absolute atomic E-state index is 11.0. The molecule has 0 bridgehead atoms. The molecule has 0 fully saturated rings. The Labute approximate surface area is 178 Å². The average Bonchev–Trinajstić information content (AvgIpc) is 2.73. The van der Waals surface area contributed by atoms with E-state index in [1.165, 1.54) is 24.5 Å². The topological polar surface area (TPSA) is 78.4 Å². The Hall–Kier alpha value is -3.22. The molecule has 0 aliphatic carbocycles. The van der Waals surface area contributed by atoms with Gasteiger partial charge in [-0.25, -0.2) is 10.2 Å². The summed E-state index contributed by atoms with van der Waals surface area (Å²) in [5.41, 5.74) is 5.37. The van der Waals surface area contributed by atoms with E-state index in [0.29, 0.717) is 30.6 Å². The van der Waals surface area contributed by atoms with Crippen molar-refractivity contribution in [2.75, 3.05) is 27.4 Å². The summed E-state index contributed by atoms with van der Waals surface area (Å²) < 4.78 is 21.7. The molecule has 7 nitrogen and oxygen atoms in total. The molecule has 0 radical (unpaired) electrons. The zero-order valence-electron chi connectivity index (χ0n) is 18.2. The summed E-state index contributed by atoms with van der Waals surface area (Å²) in [6.07, 6.45) is 1.60. The largest absolute Gasteiger partial charge is 0.493 e. The summed E-state index contributed by atoms with van der Waals surface area (Å²) in [5.74, 6) is 2.56. The molecule has 0 aromatic heterocycles. The number of nitrogens with one attached hydrogen (secondary N) is 1. The van der Waals surface area contributed by atoms with E-state index >= 15 is 0 Å². The number of amides is 1. The fourth-order valence-corrected chi connectivity index (χ4v) is 2.76. The molecular weight excluding hydrogens is 384 g/mol. The van der Waals surface area contributed by atoms with Crippen LogP contribution in [-0.4, -0.2) is 39.7 Å². The molecule has 1 N–H and O–H groups in total. The van der Waals surface area contributed by atoms with Gasteiger partial charge in [0.25, 0.3) is 0 Å². The molecule has 0 aliphatic heterocycles. The van der Waals surface area contributed by atoms with Crippen molar-refractivity contribution in [1.82, 2.24) is 5.43 Å². The molecular formula is C23H30N2O5. The zero-order valence-corrected chi connectivity index (χ0v) is 18.2. The van der Waals surface area contributed by atoms with E-state index in [0.717, 1.165) is 17.7 Å². The van der Waals surface area contributed by atoms with E-state index in [9.17, 15) is 4.79 Å². The highest BCUT2D eigenvalue weighted by Crippen LogP contribution is 2.29. The van der Waals surface area contributed by atoms with Crippen LogP contribution in [0.2, 0.25) is 0 Å². The van der Waals surface area contributed by atoms with Crippen LogP contribution in [0, 0.1) is 6.92 Å². The van der Waals surface area contributed by atoms with Gasteiger partial charge in [0.15, 0.2) is 11.5 Å². The summed E-state index contributed by atoms with van der Waals surface area (Å²) in [5, 5.41) is 3.80. The van der Waals surface area contributed by atoms with Crippen molar-refractivity contribution in [3.05, 3.63) is 53.1 Å². The minimum atomic E-state index is -0.633. The molecule has 0 heterocycles. The van der Waals surface area contributed by atoms with Crippen LogP contribution >= 0.6 is 0 Å². The lowest BCUT2D eigenvalue weighted by Gasteiger charge is -2.15. The molecule has 0 spiro atoms. The summed E-state index contributed by atoms with van der Waals surface area (Å²) in [6.45, 7) is 7.44. The highest BCUT2D eigenvalue weighted by Gasteiger charge is 2.09. The zero-order chi connectivity index (χ0) is 21.9. The number of carbonyl (C=O) groups excluding carboxylic acids is 1. The number of hydrogen-bond donors (Lipinski definition) is 1. The number of aryl methyl sites for hydroxylation is 1. The standard InChI is InChI=1S/C23H30N2O5/c1-16(2)19-9-7-17(3)13-21(19)30-12-6-11-29-20-10-8-18(14-22(20)27-4)15-24-25-23(26)28-5/h7-10,13-16H,6,11-12H2,1-5H3,(H,25,26)/b24-15+. The van der Waals surface area contributed by atoms with Gasteiger partial charge in [-0.3, -0.25) is 0 Å². The Bertz CT molecular complexity index is 865. The molecule has 0 atom stereocenters. The Morgan fingerprint density at radius 3 is 2.43 bits per heavy atom. The van der Waals surface area contributed by atoms with Crippen LogP contribution in [-0.2, 0) is 4.74 Å². The van der Waals surface area contributed by atoms with Gasteiger partial charge in [0.1, 0.15) is 5.75 Å². The molecule has 7 heteroatoms. The minimum absolute atomic E-state index is 0.408. The van der Waals surface area contributed by atoms with E-state index in [2.05, 4.69) is 54.2 Å². The third-order valence-corrected chi connectivity index (χ3v) is 4.34. The minimum Gasteiger partial charge on any atom is -0.493 e. The predicted octanol–water partition coefficient (Wildman–Crippen LogP) is 4.66. The maximum Gasteiger partial charge on any atom is 0.427 e. The van der Waals surface area contributed by atoms with Gasteiger partial charge in [0.2, 0.25) is 0 Å². The van der Waals surface area contributed by atoms with Crippen LogP contribution in [0.25, 0.3) is 0 Å². The lowest BCUT2D eigenvalue weighted by molar-refractivity contribution is 0.171. The number of benzene rings is 2. The first-order valence-electron chi connectivity index (χ1n) is 9.85. The SMILES string of the molecule is COC(=O)N/N=C/c1ccc(OCCCOc2cc(C)ccc2C(C)C)c(OC)c1. The molecule has 2 aromatic rings. The lowest BCUT2D eigenvalue weighted by Crippen LogP contribution is -2.16. The molecule has 2 aromatic carbocycles. The number of carbonyl (C=O) groups is 1. The lowest BCUT2D eigenvalue weighted by atomic mass is 10.0. The van der Waals surface area contributed by atoms with E-state index in [1.54, 1.807) is 19.2 Å². The second-order valence-corrected chi connectivity index (χ2v) is 7.02. The normalized spacial score (nSPS) is 10.9. The van der Waals surface area contributed by atoms with Gasteiger partial charge in [0.05, 0.1) is 33.6 Å². The Morgan fingerprint density at radius 1 is 1.03 bits per heavy atom. The van der Waals surface area contributed by atoms with Crippen molar-refractivity contribution in [2.45, 2.75) is 33.1 Å². The second kappa shape index (κ2) is 11.7. The van der Waals surface area contributed by atoms with Gasteiger partial charge in [-0.15, -0.1) is 0 Å². The molecule has 2 rings (SSSR count). The summed E-state index contributed by atoms with van der Waals surface area (Å²) >= 11 is 0. The van der Waals surface area contributed by atoms with Crippen molar-refractivity contribution in [1.29, 1.82) is 0 Å². The first kappa shape index (κ1) is 23.1. The van der Waals surface area contributed by atoms with Crippen molar-refractivity contribution < 1.29 is 23.7 Å². The Balaban J connectivity index is 1.86. The van der Waals surface area contributed by atoms with Gasteiger partial charge in [-0.05, 0) is 53.8 Å². The monoisotopic (exact) mass is 414 g/mol. The number of hydrazone groups is 1. The third kappa shape index (κ3) is 6.99. The molecule has 0 saturated heterocycles. The van der Waals surface area contributed by atoms with Gasteiger partial charge in [-0.2, -0.15) is 5.10 Å². The second-order valence-electron chi connectivity index (χ2n) is 7.02. The Kier molecular flexibility index (Phi) is 9.00. The van der Waals surface area contributed by atoms with Crippen molar-refractivity contribution >= 4 is 12.3 Å². The highest BCUT2D eigenvalue weighted by molar-refractivity contribution is 5.82. The van der Waals surface area contributed by atoms with Crippen molar-refractivity contribution in [3.63, 3.8) is 0 Å². The van der Waals surface area contributed by atoms with Gasteiger partial charge in [0, 0.05) is 6.42 Å². The smallest absolute Gasteiger partial charge is 0.427 e. The number of methoxy groups -OCH3 is 2. The molecule has 162 valence electrons. The van der Waals surface area contributed by atoms with E-state index in [4.69, 9.17) is 14.2 Å².